The number of thioether (sulfide) groups is 1. The quantitative estimate of drug-likeness (QED) is 0.816. The molecule has 0 amide bonds. The Hall–Kier alpha value is -1.17. The zero-order valence-corrected chi connectivity index (χ0v) is 11.9. The van der Waals surface area contributed by atoms with Crippen LogP contribution in [0.15, 0.2) is 24.4 Å². The van der Waals surface area contributed by atoms with Crippen LogP contribution in [0.5, 0.6) is 5.88 Å². The number of ether oxygens (including phenoxy) is 1. The molecule has 1 aromatic rings. The molecule has 1 aliphatic rings. The number of pyridine rings is 1. The van der Waals surface area contributed by atoms with Gasteiger partial charge in [-0.25, -0.2) is 4.98 Å². The summed E-state index contributed by atoms with van der Waals surface area (Å²) in [4.78, 5) is 3.64. The number of hydrogen-bond acceptors (Lipinski definition) is 3. The van der Waals surface area contributed by atoms with E-state index < -0.39 is 12.2 Å². The number of rotatable bonds is 4. The lowest BCUT2D eigenvalue weighted by atomic mass is 10.1. The first-order valence-corrected chi connectivity index (χ1v) is 7.68. The van der Waals surface area contributed by atoms with Gasteiger partial charge in [0, 0.05) is 17.5 Å². The van der Waals surface area contributed by atoms with Crippen LogP contribution in [0.2, 0.25) is 0 Å². The molecule has 0 saturated heterocycles. The fourth-order valence-electron chi connectivity index (χ4n) is 2.28. The van der Waals surface area contributed by atoms with Gasteiger partial charge in [-0.2, -0.15) is 11.8 Å². The zero-order chi connectivity index (χ0) is 14.6. The second-order valence-electron chi connectivity index (χ2n) is 4.77. The van der Waals surface area contributed by atoms with Crippen LogP contribution >= 0.6 is 11.8 Å². The Bertz CT molecular complexity index is 458. The van der Waals surface area contributed by atoms with Crippen LogP contribution in [0.1, 0.15) is 24.8 Å². The molecule has 2 atom stereocenters. The summed E-state index contributed by atoms with van der Waals surface area (Å²) in [6.07, 6.45) is 6.42. The highest BCUT2D eigenvalue weighted by Gasteiger charge is 2.31. The Kier molecular flexibility index (Phi) is 4.96. The molecular weight excluding hydrogens is 287 g/mol. The van der Waals surface area contributed by atoms with Crippen LogP contribution in [-0.2, 0) is 0 Å². The molecule has 1 fully saturated rings. The van der Waals surface area contributed by atoms with Crippen molar-refractivity contribution in [1.29, 1.82) is 0 Å². The molecule has 0 N–H and O–H groups in total. The van der Waals surface area contributed by atoms with Gasteiger partial charge >= 0.3 is 6.36 Å². The molecule has 20 heavy (non-hydrogen) atoms. The van der Waals surface area contributed by atoms with Crippen molar-refractivity contribution in [2.24, 2.45) is 5.92 Å². The molecule has 6 heteroatoms. The number of halogens is 3. The first kappa shape index (κ1) is 15.2. The van der Waals surface area contributed by atoms with Crippen molar-refractivity contribution in [3.63, 3.8) is 0 Å². The standard InChI is InChI=1S/C14H16F3NOS/c1-20-12-6-4-10(8-12)2-3-11-5-7-13(18-9-11)19-14(15,16)17/h2-3,5,7,9-10,12H,4,6,8H2,1H3/b3-2+. The second kappa shape index (κ2) is 6.52. The maximum Gasteiger partial charge on any atom is 0.574 e. The normalized spacial score (nSPS) is 23.4. The van der Waals surface area contributed by atoms with E-state index in [1.165, 1.54) is 31.5 Å². The topological polar surface area (TPSA) is 22.1 Å². The summed E-state index contributed by atoms with van der Waals surface area (Å²) < 4.78 is 39.7. The number of nitrogens with zero attached hydrogens (tertiary/aromatic N) is 1. The molecule has 1 aliphatic carbocycles. The van der Waals surface area contributed by atoms with Gasteiger partial charge in [0.25, 0.3) is 0 Å². The Morgan fingerprint density at radius 3 is 2.70 bits per heavy atom. The summed E-state index contributed by atoms with van der Waals surface area (Å²) in [5.74, 6) is 0.122. The van der Waals surface area contributed by atoms with E-state index in [-0.39, 0.29) is 0 Å². The van der Waals surface area contributed by atoms with E-state index in [0.717, 1.165) is 10.8 Å². The lowest BCUT2D eigenvalue weighted by Crippen LogP contribution is -2.17. The number of hydrogen-bond donors (Lipinski definition) is 0. The van der Waals surface area contributed by atoms with Crippen LogP contribution in [-0.4, -0.2) is 22.9 Å². The highest BCUT2D eigenvalue weighted by Crippen LogP contribution is 2.33. The van der Waals surface area contributed by atoms with Crippen LogP contribution in [0.25, 0.3) is 6.08 Å². The van der Waals surface area contributed by atoms with Gasteiger partial charge in [0.15, 0.2) is 0 Å². The first-order valence-electron chi connectivity index (χ1n) is 6.39. The summed E-state index contributed by atoms with van der Waals surface area (Å²) in [6.45, 7) is 0. The smallest absolute Gasteiger partial charge is 0.388 e. The Morgan fingerprint density at radius 2 is 2.15 bits per heavy atom. The minimum absolute atomic E-state index is 0.432. The van der Waals surface area contributed by atoms with E-state index in [4.69, 9.17) is 0 Å². The Balaban J connectivity index is 1.90. The van der Waals surface area contributed by atoms with E-state index in [0.29, 0.717) is 5.92 Å². The van der Waals surface area contributed by atoms with Crippen molar-refractivity contribution in [2.75, 3.05) is 6.26 Å². The number of allylic oxidation sites excluding steroid dienone is 1. The predicted molar refractivity (Wildman–Crippen MR) is 74.6 cm³/mol. The zero-order valence-electron chi connectivity index (χ0n) is 11.1. The molecule has 2 unspecified atom stereocenters. The number of alkyl halides is 3. The highest BCUT2D eigenvalue weighted by atomic mass is 32.2. The van der Waals surface area contributed by atoms with Crippen molar-refractivity contribution in [3.05, 3.63) is 30.0 Å². The van der Waals surface area contributed by atoms with Gasteiger partial charge in [0.2, 0.25) is 5.88 Å². The van der Waals surface area contributed by atoms with Gasteiger partial charge in [-0.3, -0.25) is 0 Å². The molecule has 1 aromatic heterocycles. The molecule has 0 bridgehead atoms. The summed E-state index contributed by atoms with van der Waals surface area (Å²) in [6, 6.07) is 2.80. The molecule has 2 rings (SSSR count). The fraction of sp³-hybridized carbons (Fsp3) is 0.500. The lowest BCUT2D eigenvalue weighted by molar-refractivity contribution is -0.276. The fourth-order valence-corrected chi connectivity index (χ4v) is 3.09. The second-order valence-corrected chi connectivity index (χ2v) is 5.91. The third-order valence-corrected chi connectivity index (χ3v) is 4.39. The summed E-state index contributed by atoms with van der Waals surface area (Å²) in [5, 5.41) is 0.727. The van der Waals surface area contributed by atoms with Crippen LogP contribution in [0, 0.1) is 5.92 Å². The van der Waals surface area contributed by atoms with Crippen molar-refractivity contribution >= 4 is 17.8 Å². The summed E-state index contributed by atoms with van der Waals surface area (Å²) in [7, 11) is 0. The van der Waals surface area contributed by atoms with E-state index >= 15 is 0 Å². The average Bonchev–Trinajstić information content (AvgIpc) is 2.84. The Labute approximate surface area is 120 Å². The lowest BCUT2D eigenvalue weighted by Gasteiger charge is -2.07. The first-order chi connectivity index (χ1) is 9.46. The van der Waals surface area contributed by atoms with Gasteiger partial charge in [-0.1, -0.05) is 12.2 Å². The molecule has 1 saturated carbocycles. The minimum atomic E-state index is -4.69. The van der Waals surface area contributed by atoms with Crippen molar-refractivity contribution in [3.8, 4) is 5.88 Å². The van der Waals surface area contributed by atoms with E-state index in [1.54, 1.807) is 6.07 Å². The van der Waals surface area contributed by atoms with Gasteiger partial charge < -0.3 is 4.74 Å². The molecule has 0 aromatic carbocycles. The predicted octanol–water partition coefficient (Wildman–Crippen LogP) is 4.53. The minimum Gasteiger partial charge on any atom is -0.388 e. The molecular formula is C14H16F3NOS. The molecule has 0 spiro atoms. The van der Waals surface area contributed by atoms with E-state index in [1.807, 2.05) is 17.8 Å². The number of aromatic nitrogens is 1. The molecule has 2 nitrogen and oxygen atoms in total. The van der Waals surface area contributed by atoms with Crippen molar-refractivity contribution in [2.45, 2.75) is 30.9 Å². The average molecular weight is 303 g/mol. The van der Waals surface area contributed by atoms with Crippen molar-refractivity contribution < 1.29 is 17.9 Å². The molecule has 0 radical (unpaired) electrons. The van der Waals surface area contributed by atoms with Gasteiger partial charge in [-0.15, -0.1) is 13.2 Å². The van der Waals surface area contributed by atoms with Gasteiger partial charge in [-0.05, 0) is 43.1 Å². The highest BCUT2D eigenvalue weighted by molar-refractivity contribution is 7.99. The Morgan fingerprint density at radius 1 is 1.35 bits per heavy atom. The molecule has 1 heterocycles. The van der Waals surface area contributed by atoms with Crippen molar-refractivity contribution in [1.82, 2.24) is 4.98 Å². The third-order valence-electron chi connectivity index (χ3n) is 3.30. The summed E-state index contributed by atoms with van der Waals surface area (Å²) >= 11 is 1.90. The monoisotopic (exact) mass is 303 g/mol. The maximum absolute atomic E-state index is 12.0. The molecule has 0 aliphatic heterocycles. The maximum atomic E-state index is 12.0. The van der Waals surface area contributed by atoms with Gasteiger partial charge in [0.05, 0.1) is 0 Å². The third kappa shape index (κ3) is 4.74. The van der Waals surface area contributed by atoms with Crippen LogP contribution in [0.4, 0.5) is 13.2 Å². The van der Waals surface area contributed by atoms with E-state index in [9.17, 15) is 13.2 Å². The van der Waals surface area contributed by atoms with Gasteiger partial charge in [0.1, 0.15) is 0 Å². The largest absolute Gasteiger partial charge is 0.574 e. The summed E-state index contributed by atoms with van der Waals surface area (Å²) in [5.41, 5.74) is 0.784. The van der Waals surface area contributed by atoms with E-state index in [2.05, 4.69) is 22.1 Å². The van der Waals surface area contributed by atoms with Crippen LogP contribution in [0.3, 0.4) is 0 Å². The van der Waals surface area contributed by atoms with Crippen LogP contribution < -0.4 is 4.74 Å². The SMILES string of the molecule is CSC1CCC(/C=C/c2ccc(OC(F)(F)F)nc2)C1. The molecule has 110 valence electrons.